The fourth-order valence-electron chi connectivity index (χ4n) is 2.48. The summed E-state index contributed by atoms with van der Waals surface area (Å²) in [7, 11) is 0. The smallest absolute Gasteiger partial charge is 0.185 e. The molecule has 0 amide bonds. The Morgan fingerprint density at radius 1 is 1.21 bits per heavy atom. The summed E-state index contributed by atoms with van der Waals surface area (Å²) in [5.41, 5.74) is 0. The van der Waals surface area contributed by atoms with Crippen LogP contribution in [0.5, 0.6) is 0 Å². The number of likely N-dealkylation sites (tertiary alicyclic amines) is 1. The first-order chi connectivity index (χ1) is 9.03. The Hall–Kier alpha value is 0.530. The van der Waals surface area contributed by atoms with Crippen LogP contribution in [0.3, 0.4) is 0 Å². The molecule has 1 aliphatic heterocycles. The van der Waals surface area contributed by atoms with Crippen molar-refractivity contribution in [1.82, 2.24) is 4.90 Å². The molecule has 0 saturated carbocycles. The van der Waals surface area contributed by atoms with Gasteiger partial charge in [0.25, 0.3) is 0 Å². The van der Waals surface area contributed by atoms with Crippen molar-refractivity contribution in [3.8, 4) is 0 Å². The molecule has 1 aliphatic rings. The Labute approximate surface area is 124 Å². The van der Waals surface area contributed by atoms with Crippen LogP contribution in [-0.2, 0) is 20.9 Å². The number of unbranched alkanes of at least 4 members (excludes halogenated alkanes) is 2. The summed E-state index contributed by atoms with van der Waals surface area (Å²) < 4.78 is 11.8. The van der Waals surface area contributed by atoms with Gasteiger partial charge in [0, 0.05) is 13.2 Å². The molecule has 0 spiro atoms. The van der Waals surface area contributed by atoms with Crippen LogP contribution < -0.4 is 0 Å². The van der Waals surface area contributed by atoms with Crippen molar-refractivity contribution in [3.63, 3.8) is 0 Å². The SMILES string of the molecule is CCCCCO[P@](C)(=S)O[C@@H](C)CN1CCCCC1. The van der Waals surface area contributed by atoms with Gasteiger partial charge in [-0.05, 0) is 51.1 Å². The van der Waals surface area contributed by atoms with Gasteiger partial charge in [-0.1, -0.05) is 26.2 Å². The first-order valence-corrected chi connectivity index (χ1v) is 10.7. The van der Waals surface area contributed by atoms with Gasteiger partial charge in [0.05, 0.1) is 12.7 Å². The molecule has 2 atom stereocenters. The summed E-state index contributed by atoms with van der Waals surface area (Å²) in [6.07, 6.45) is 7.70. The van der Waals surface area contributed by atoms with Crippen molar-refractivity contribution in [2.75, 3.05) is 32.9 Å². The van der Waals surface area contributed by atoms with Crippen molar-refractivity contribution in [3.05, 3.63) is 0 Å². The summed E-state index contributed by atoms with van der Waals surface area (Å²) in [6.45, 7) is 8.37. The van der Waals surface area contributed by atoms with Gasteiger partial charge in [-0.15, -0.1) is 0 Å². The summed E-state index contributed by atoms with van der Waals surface area (Å²) >= 11 is 5.49. The van der Waals surface area contributed by atoms with Gasteiger partial charge >= 0.3 is 0 Å². The van der Waals surface area contributed by atoms with Gasteiger partial charge in [-0.25, -0.2) is 0 Å². The van der Waals surface area contributed by atoms with Crippen molar-refractivity contribution in [1.29, 1.82) is 0 Å². The summed E-state index contributed by atoms with van der Waals surface area (Å²) in [6, 6.07) is 0. The lowest BCUT2D eigenvalue weighted by atomic mass is 10.1. The number of hydrogen-bond donors (Lipinski definition) is 0. The minimum Gasteiger partial charge on any atom is -0.329 e. The van der Waals surface area contributed by atoms with Gasteiger partial charge in [-0.2, -0.15) is 0 Å². The maximum absolute atomic E-state index is 5.98. The van der Waals surface area contributed by atoms with Crippen LogP contribution in [0.2, 0.25) is 0 Å². The van der Waals surface area contributed by atoms with Crippen LogP contribution in [0.25, 0.3) is 0 Å². The lowest BCUT2D eigenvalue weighted by Gasteiger charge is -2.30. The second-order valence-electron chi connectivity index (χ2n) is 5.59. The van der Waals surface area contributed by atoms with E-state index in [9.17, 15) is 0 Å². The maximum Gasteiger partial charge on any atom is 0.185 e. The largest absolute Gasteiger partial charge is 0.329 e. The minimum absolute atomic E-state index is 0.181. The Balaban J connectivity index is 2.20. The average Bonchev–Trinajstić information content (AvgIpc) is 2.35. The Morgan fingerprint density at radius 2 is 1.89 bits per heavy atom. The Bertz CT molecular complexity index is 283. The predicted octanol–water partition coefficient (Wildman–Crippen LogP) is 4.02. The minimum atomic E-state index is -2.05. The highest BCUT2D eigenvalue weighted by Gasteiger charge is 2.19. The second-order valence-corrected chi connectivity index (χ2v) is 9.59. The van der Waals surface area contributed by atoms with E-state index in [1.54, 1.807) is 0 Å². The van der Waals surface area contributed by atoms with Crippen LogP contribution in [0.1, 0.15) is 52.4 Å². The van der Waals surface area contributed by atoms with E-state index >= 15 is 0 Å². The van der Waals surface area contributed by atoms with Gasteiger partial charge in [0.1, 0.15) is 0 Å². The third-order valence-corrected chi connectivity index (χ3v) is 5.38. The van der Waals surface area contributed by atoms with Gasteiger partial charge < -0.3 is 13.9 Å². The van der Waals surface area contributed by atoms with E-state index in [0.29, 0.717) is 0 Å². The van der Waals surface area contributed by atoms with Crippen molar-refractivity contribution >= 4 is 18.3 Å². The third kappa shape index (κ3) is 8.41. The monoisotopic (exact) mass is 307 g/mol. The summed E-state index contributed by atoms with van der Waals surface area (Å²) in [4.78, 5) is 2.49. The van der Waals surface area contributed by atoms with Gasteiger partial charge in [-0.3, -0.25) is 0 Å². The molecule has 0 aliphatic carbocycles. The number of nitrogens with zero attached hydrogens (tertiary/aromatic N) is 1. The van der Waals surface area contributed by atoms with Crippen LogP contribution in [0, 0.1) is 0 Å². The predicted molar refractivity (Wildman–Crippen MR) is 86.5 cm³/mol. The molecule has 114 valence electrons. The van der Waals surface area contributed by atoms with Crippen molar-refractivity contribution < 1.29 is 9.05 Å². The third-order valence-electron chi connectivity index (χ3n) is 3.41. The molecule has 1 rings (SSSR count). The van der Waals surface area contributed by atoms with E-state index in [1.165, 1.54) is 45.2 Å². The van der Waals surface area contributed by atoms with E-state index in [2.05, 4.69) is 18.7 Å². The van der Waals surface area contributed by atoms with E-state index in [4.69, 9.17) is 20.9 Å². The lowest BCUT2D eigenvalue weighted by Crippen LogP contribution is -2.36. The first-order valence-electron chi connectivity index (χ1n) is 7.66. The quantitative estimate of drug-likeness (QED) is 0.474. The van der Waals surface area contributed by atoms with Gasteiger partial charge in [0.15, 0.2) is 6.49 Å². The molecule has 0 aromatic heterocycles. The molecule has 0 aromatic rings. The molecule has 1 heterocycles. The number of piperidine rings is 1. The summed E-state index contributed by atoms with van der Waals surface area (Å²) in [5, 5.41) is 0. The number of hydrogen-bond acceptors (Lipinski definition) is 4. The molecule has 5 heteroatoms. The molecule has 1 saturated heterocycles. The highest BCUT2D eigenvalue weighted by Crippen LogP contribution is 2.45. The highest BCUT2D eigenvalue weighted by molar-refractivity contribution is 8.09. The molecule has 19 heavy (non-hydrogen) atoms. The van der Waals surface area contributed by atoms with E-state index < -0.39 is 6.49 Å². The molecule has 0 N–H and O–H groups in total. The molecular weight excluding hydrogens is 277 g/mol. The first kappa shape index (κ1) is 17.6. The molecular formula is C14H30NO2PS. The van der Waals surface area contributed by atoms with E-state index in [1.807, 2.05) is 6.66 Å². The molecule has 0 unspecified atom stereocenters. The molecule has 0 bridgehead atoms. The average molecular weight is 307 g/mol. The molecule has 0 aromatic carbocycles. The van der Waals surface area contributed by atoms with E-state index in [-0.39, 0.29) is 6.10 Å². The molecule has 3 nitrogen and oxygen atoms in total. The van der Waals surface area contributed by atoms with Crippen molar-refractivity contribution in [2.24, 2.45) is 0 Å². The topological polar surface area (TPSA) is 21.7 Å². The van der Waals surface area contributed by atoms with Crippen molar-refractivity contribution in [2.45, 2.75) is 58.5 Å². The normalized spacial score (nSPS) is 22.1. The fourth-order valence-corrected chi connectivity index (χ4v) is 4.39. The van der Waals surface area contributed by atoms with Crippen LogP contribution >= 0.6 is 6.49 Å². The fraction of sp³-hybridized carbons (Fsp3) is 1.00. The molecule has 1 fully saturated rings. The zero-order valence-corrected chi connectivity index (χ0v) is 14.5. The van der Waals surface area contributed by atoms with Crippen LogP contribution in [-0.4, -0.2) is 43.9 Å². The highest BCUT2D eigenvalue weighted by atomic mass is 32.5. The Kier molecular flexibility index (Phi) is 8.76. The van der Waals surface area contributed by atoms with Crippen LogP contribution in [0.15, 0.2) is 0 Å². The second kappa shape index (κ2) is 9.46. The van der Waals surface area contributed by atoms with Crippen LogP contribution in [0.4, 0.5) is 0 Å². The zero-order chi connectivity index (χ0) is 14.1. The maximum atomic E-state index is 5.98. The number of rotatable bonds is 9. The van der Waals surface area contributed by atoms with Gasteiger partial charge in [0.2, 0.25) is 0 Å². The lowest BCUT2D eigenvalue weighted by molar-refractivity contribution is 0.123. The standard InChI is InChI=1S/C14H30NO2PS/c1-4-5-9-12-16-18(3,19)17-14(2)13-15-10-7-6-8-11-15/h14H,4-13H2,1-3H3/t14-,18-/m0/s1. The molecule has 0 radical (unpaired) electrons. The Morgan fingerprint density at radius 3 is 2.53 bits per heavy atom. The van der Waals surface area contributed by atoms with E-state index in [0.717, 1.165) is 19.6 Å². The zero-order valence-electron chi connectivity index (χ0n) is 12.8. The summed E-state index contributed by atoms with van der Waals surface area (Å²) in [5.74, 6) is 0.